The van der Waals surface area contributed by atoms with Gasteiger partial charge in [-0.3, -0.25) is 0 Å². The van der Waals surface area contributed by atoms with Crippen LogP contribution in [0.15, 0.2) is 48.5 Å². The Kier molecular flexibility index (Phi) is 9.62. The smallest absolute Gasteiger partial charge is 0.410 e. The van der Waals surface area contributed by atoms with E-state index in [0.717, 1.165) is 0 Å². The molecule has 1 amide bonds. The topological polar surface area (TPSA) is 138 Å². The summed E-state index contributed by atoms with van der Waals surface area (Å²) in [4.78, 5) is 32.1. The molecule has 11 nitrogen and oxygen atoms in total. The molecule has 1 aromatic heterocycles. The first kappa shape index (κ1) is 30.7. The molecule has 0 bridgehead atoms. The number of methoxy groups -OCH3 is 2. The van der Waals surface area contributed by atoms with Crippen LogP contribution in [-0.4, -0.2) is 71.2 Å². The third-order valence-electron chi connectivity index (χ3n) is 7.26. The Balaban J connectivity index is 1.65. The number of hydrogen-bond acceptors (Lipinski definition) is 9. The number of esters is 1. The molecule has 4 rings (SSSR count). The number of hydrogen-bond donors (Lipinski definition) is 2. The summed E-state index contributed by atoms with van der Waals surface area (Å²) in [6.45, 7) is 6.43. The SMILES string of the molecule is COC(=O)c1c(-c2ccc(Oc3ccccc3)c(OC)c2)nc(C(CCO)C2CCN(C(=O)OC(C)(C)C)CC2)n1N. The van der Waals surface area contributed by atoms with Crippen LogP contribution in [0.1, 0.15) is 62.3 Å². The zero-order chi connectivity index (χ0) is 30.4. The fourth-order valence-corrected chi connectivity index (χ4v) is 5.24. The Hall–Kier alpha value is -4.25. The first-order valence-electron chi connectivity index (χ1n) is 14.0. The molecule has 0 saturated carbocycles. The highest BCUT2D eigenvalue weighted by Crippen LogP contribution is 2.39. The van der Waals surface area contributed by atoms with Gasteiger partial charge < -0.3 is 34.8 Å². The van der Waals surface area contributed by atoms with Gasteiger partial charge in [0.25, 0.3) is 0 Å². The number of aliphatic hydroxyl groups excluding tert-OH is 1. The Morgan fingerprint density at radius 2 is 1.76 bits per heavy atom. The second-order valence-corrected chi connectivity index (χ2v) is 11.2. The van der Waals surface area contributed by atoms with Gasteiger partial charge in [-0.2, -0.15) is 0 Å². The maximum Gasteiger partial charge on any atom is 0.410 e. The van der Waals surface area contributed by atoms with Crippen molar-refractivity contribution in [2.75, 3.05) is 39.8 Å². The van der Waals surface area contributed by atoms with Crippen molar-refractivity contribution in [1.29, 1.82) is 0 Å². The zero-order valence-electron chi connectivity index (χ0n) is 24.8. The fourth-order valence-electron chi connectivity index (χ4n) is 5.24. The number of likely N-dealkylation sites (tertiary alicyclic amines) is 1. The number of imidazole rings is 1. The first-order valence-corrected chi connectivity index (χ1v) is 14.0. The lowest BCUT2D eigenvalue weighted by atomic mass is 9.82. The van der Waals surface area contributed by atoms with E-state index < -0.39 is 11.6 Å². The molecule has 11 heteroatoms. The Labute approximate surface area is 246 Å². The average Bonchev–Trinajstić information content (AvgIpc) is 3.32. The maximum absolute atomic E-state index is 13.0. The van der Waals surface area contributed by atoms with Crippen molar-refractivity contribution in [1.82, 2.24) is 14.6 Å². The molecular weight excluding hydrogens is 540 g/mol. The van der Waals surface area contributed by atoms with E-state index in [1.165, 1.54) is 18.9 Å². The van der Waals surface area contributed by atoms with Crippen molar-refractivity contribution >= 4 is 12.1 Å². The lowest BCUT2D eigenvalue weighted by Crippen LogP contribution is -2.43. The molecule has 1 fully saturated rings. The van der Waals surface area contributed by atoms with Crippen LogP contribution in [0.5, 0.6) is 17.2 Å². The van der Waals surface area contributed by atoms with E-state index in [9.17, 15) is 14.7 Å². The number of aliphatic hydroxyl groups is 1. The van der Waals surface area contributed by atoms with E-state index in [4.69, 9.17) is 29.8 Å². The van der Waals surface area contributed by atoms with Crippen LogP contribution in [0.3, 0.4) is 0 Å². The van der Waals surface area contributed by atoms with Crippen molar-refractivity contribution in [3.8, 4) is 28.5 Å². The molecule has 1 aliphatic rings. The number of rotatable bonds is 9. The van der Waals surface area contributed by atoms with Gasteiger partial charge in [0.1, 0.15) is 22.9 Å². The molecule has 3 aromatic rings. The number of amides is 1. The van der Waals surface area contributed by atoms with Crippen LogP contribution in [-0.2, 0) is 9.47 Å². The summed E-state index contributed by atoms with van der Waals surface area (Å²) in [6.07, 6.45) is 1.38. The van der Waals surface area contributed by atoms with Gasteiger partial charge in [-0.1, -0.05) is 18.2 Å². The molecule has 2 heterocycles. The van der Waals surface area contributed by atoms with Gasteiger partial charge in [-0.25, -0.2) is 19.2 Å². The summed E-state index contributed by atoms with van der Waals surface area (Å²) in [5, 5.41) is 9.97. The van der Waals surface area contributed by atoms with E-state index in [2.05, 4.69) is 0 Å². The highest BCUT2D eigenvalue weighted by molar-refractivity contribution is 5.95. The van der Waals surface area contributed by atoms with Crippen LogP contribution in [0.25, 0.3) is 11.3 Å². The monoisotopic (exact) mass is 580 g/mol. The van der Waals surface area contributed by atoms with Gasteiger partial charge in [0, 0.05) is 31.2 Å². The molecule has 0 aliphatic carbocycles. The van der Waals surface area contributed by atoms with Crippen molar-refractivity contribution in [2.24, 2.45) is 5.92 Å². The summed E-state index contributed by atoms with van der Waals surface area (Å²) in [7, 11) is 2.82. The minimum atomic E-state index is -0.641. The second kappa shape index (κ2) is 13.2. The van der Waals surface area contributed by atoms with Gasteiger partial charge in [0.05, 0.1) is 14.2 Å². The number of piperidine rings is 1. The molecule has 1 saturated heterocycles. The minimum Gasteiger partial charge on any atom is -0.493 e. The van der Waals surface area contributed by atoms with Crippen LogP contribution in [0, 0.1) is 5.92 Å². The lowest BCUT2D eigenvalue weighted by Gasteiger charge is -2.36. The summed E-state index contributed by atoms with van der Waals surface area (Å²) in [5.41, 5.74) is 0.423. The van der Waals surface area contributed by atoms with Gasteiger partial charge in [-0.15, -0.1) is 0 Å². The fraction of sp³-hybridized carbons (Fsp3) is 0.452. The van der Waals surface area contributed by atoms with Crippen molar-refractivity contribution in [3.05, 3.63) is 60.0 Å². The van der Waals surface area contributed by atoms with Crippen molar-refractivity contribution in [2.45, 2.75) is 51.6 Å². The second-order valence-electron chi connectivity index (χ2n) is 11.2. The molecule has 0 spiro atoms. The summed E-state index contributed by atoms with van der Waals surface area (Å²) in [5.74, 6) is 7.74. The summed E-state index contributed by atoms with van der Waals surface area (Å²) >= 11 is 0. The normalized spacial score (nSPS) is 14.8. The molecular formula is C31H40N4O7. The molecule has 1 unspecified atom stereocenters. The molecule has 3 N–H and O–H groups in total. The zero-order valence-corrected chi connectivity index (χ0v) is 24.8. The standard InChI is InChI=1S/C31H40N4O7/c1-31(2,3)42-30(38)34-16-13-20(14-17-34)23(15-18-36)28-33-26(27(35(28)32)29(37)40-5)21-11-12-24(25(19-21)39-4)41-22-9-7-6-8-10-22/h6-12,19-20,23,36H,13-18,32H2,1-5H3. The highest BCUT2D eigenvalue weighted by atomic mass is 16.6. The van der Waals surface area contributed by atoms with Gasteiger partial charge >= 0.3 is 12.1 Å². The number of carbonyl (C=O) groups is 2. The van der Waals surface area contributed by atoms with Crippen molar-refractivity contribution in [3.63, 3.8) is 0 Å². The van der Waals surface area contributed by atoms with Gasteiger partial charge in [0.15, 0.2) is 17.2 Å². The Morgan fingerprint density at radius 3 is 2.36 bits per heavy atom. The van der Waals surface area contributed by atoms with E-state index >= 15 is 0 Å². The molecule has 2 aromatic carbocycles. The van der Waals surface area contributed by atoms with E-state index in [-0.39, 0.29) is 30.2 Å². The number of aromatic nitrogens is 2. The predicted octanol–water partition coefficient (Wildman–Crippen LogP) is 4.96. The van der Waals surface area contributed by atoms with Crippen LogP contribution in [0.2, 0.25) is 0 Å². The lowest BCUT2D eigenvalue weighted by molar-refractivity contribution is 0.0168. The van der Waals surface area contributed by atoms with Crippen molar-refractivity contribution < 1.29 is 33.6 Å². The number of para-hydroxylation sites is 1. The maximum atomic E-state index is 13.0. The van der Waals surface area contributed by atoms with Crippen LogP contribution < -0.4 is 15.3 Å². The molecule has 1 atom stereocenters. The third-order valence-corrected chi connectivity index (χ3v) is 7.26. The van der Waals surface area contributed by atoms with E-state index in [1.807, 2.05) is 51.1 Å². The van der Waals surface area contributed by atoms with Gasteiger partial charge in [0.2, 0.25) is 0 Å². The highest BCUT2D eigenvalue weighted by Gasteiger charge is 2.35. The molecule has 42 heavy (non-hydrogen) atoms. The number of nitrogens with zero attached hydrogens (tertiary/aromatic N) is 3. The van der Waals surface area contributed by atoms with E-state index in [1.54, 1.807) is 23.1 Å². The first-order chi connectivity index (χ1) is 20.1. The summed E-state index contributed by atoms with van der Waals surface area (Å²) < 4.78 is 23.5. The van der Waals surface area contributed by atoms with Crippen LogP contribution in [0.4, 0.5) is 4.79 Å². The number of benzene rings is 2. The van der Waals surface area contributed by atoms with Crippen LogP contribution >= 0.6 is 0 Å². The predicted molar refractivity (Wildman–Crippen MR) is 157 cm³/mol. The number of ether oxygens (including phenoxy) is 4. The number of carbonyl (C=O) groups excluding carboxylic acids is 2. The minimum absolute atomic E-state index is 0.0649. The molecule has 226 valence electrons. The third kappa shape index (κ3) is 6.96. The van der Waals surface area contributed by atoms with E-state index in [0.29, 0.717) is 66.7 Å². The Bertz CT molecular complexity index is 1380. The number of nitrogens with two attached hydrogens (primary N) is 1. The average molecular weight is 581 g/mol. The largest absolute Gasteiger partial charge is 0.493 e. The van der Waals surface area contributed by atoms with Gasteiger partial charge in [-0.05, 0) is 76.3 Å². The quantitative estimate of drug-likeness (QED) is 0.265. The Morgan fingerprint density at radius 1 is 1.07 bits per heavy atom. The molecule has 0 radical (unpaired) electrons. The molecule has 1 aliphatic heterocycles. The number of nitrogen functional groups attached to an aromatic ring is 1. The summed E-state index contributed by atoms with van der Waals surface area (Å²) in [6, 6.07) is 14.6.